The SMILES string of the molecule is O=Cc1ccccc1N/N=C/c1ccccc1. The normalized spacial score (nSPS) is 10.4. The van der Waals surface area contributed by atoms with Crippen LogP contribution in [0.4, 0.5) is 5.69 Å². The van der Waals surface area contributed by atoms with E-state index in [9.17, 15) is 4.79 Å². The molecule has 0 bridgehead atoms. The van der Waals surface area contributed by atoms with Gasteiger partial charge in [0.2, 0.25) is 0 Å². The number of hydrogen-bond donors (Lipinski definition) is 1. The highest BCUT2D eigenvalue weighted by molar-refractivity contribution is 5.85. The van der Waals surface area contributed by atoms with Crippen molar-refractivity contribution in [3.8, 4) is 0 Å². The first kappa shape index (κ1) is 11.1. The lowest BCUT2D eigenvalue weighted by Crippen LogP contribution is -1.94. The van der Waals surface area contributed by atoms with Gasteiger partial charge in [-0.2, -0.15) is 5.10 Å². The van der Waals surface area contributed by atoms with Gasteiger partial charge in [-0.25, -0.2) is 0 Å². The largest absolute Gasteiger partial charge is 0.298 e. The molecule has 2 aromatic rings. The van der Waals surface area contributed by atoms with E-state index in [0.717, 1.165) is 11.8 Å². The van der Waals surface area contributed by atoms with Crippen LogP contribution < -0.4 is 5.43 Å². The predicted molar refractivity (Wildman–Crippen MR) is 69.5 cm³/mol. The molecule has 0 fully saturated rings. The number of nitrogens with one attached hydrogen (secondary N) is 1. The number of carbonyl (C=O) groups is 1. The Balaban J connectivity index is 2.07. The maximum absolute atomic E-state index is 10.8. The molecule has 0 saturated heterocycles. The molecule has 3 nitrogen and oxygen atoms in total. The van der Waals surface area contributed by atoms with Gasteiger partial charge in [0, 0.05) is 5.56 Å². The van der Waals surface area contributed by atoms with Crippen molar-refractivity contribution in [3.05, 3.63) is 65.7 Å². The smallest absolute Gasteiger partial charge is 0.152 e. The van der Waals surface area contributed by atoms with E-state index in [0.29, 0.717) is 11.3 Å². The molecular formula is C14H12N2O. The maximum Gasteiger partial charge on any atom is 0.152 e. The van der Waals surface area contributed by atoms with Crippen LogP contribution in [0.5, 0.6) is 0 Å². The minimum absolute atomic E-state index is 0.595. The second-order valence-corrected chi connectivity index (χ2v) is 3.49. The molecule has 1 N–H and O–H groups in total. The van der Waals surface area contributed by atoms with Crippen LogP contribution in [-0.4, -0.2) is 12.5 Å². The van der Waals surface area contributed by atoms with E-state index in [1.165, 1.54) is 0 Å². The van der Waals surface area contributed by atoms with Gasteiger partial charge in [0.25, 0.3) is 0 Å². The molecule has 0 atom stereocenters. The molecule has 0 aromatic heterocycles. The monoisotopic (exact) mass is 224 g/mol. The first-order valence-corrected chi connectivity index (χ1v) is 5.28. The van der Waals surface area contributed by atoms with Gasteiger partial charge in [-0.1, -0.05) is 42.5 Å². The lowest BCUT2D eigenvalue weighted by atomic mass is 10.2. The number of hydrazone groups is 1. The summed E-state index contributed by atoms with van der Waals surface area (Å²) in [5.74, 6) is 0. The Kier molecular flexibility index (Phi) is 3.65. The van der Waals surface area contributed by atoms with Gasteiger partial charge in [0.1, 0.15) is 0 Å². The van der Waals surface area contributed by atoms with Crippen LogP contribution in [0.2, 0.25) is 0 Å². The number of benzene rings is 2. The number of nitrogens with zero attached hydrogens (tertiary/aromatic N) is 1. The van der Waals surface area contributed by atoms with Crippen molar-refractivity contribution in [2.75, 3.05) is 5.43 Å². The number of carbonyl (C=O) groups excluding carboxylic acids is 1. The predicted octanol–water partition coefficient (Wildman–Crippen LogP) is 2.95. The maximum atomic E-state index is 10.8. The first-order chi connectivity index (χ1) is 8.40. The summed E-state index contributed by atoms with van der Waals surface area (Å²) in [6.45, 7) is 0. The zero-order valence-corrected chi connectivity index (χ0v) is 9.21. The molecule has 0 amide bonds. The van der Waals surface area contributed by atoms with Crippen molar-refractivity contribution in [3.63, 3.8) is 0 Å². The van der Waals surface area contributed by atoms with Crippen LogP contribution >= 0.6 is 0 Å². The van der Waals surface area contributed by atoms with E-state index in [4.69, 9.17) is 0 Å². The highest BCUT2D eigenvalue weighted by Crippen LogP contribution is 2.12. The molecule has 0 aliphatic carbocycles. The third kappa shape index (κ3) is 3.01. The third-order valence-electron chi connectivity index (χ3n) is 2.29. The van der Waals surface area contributed by atoms with E-state index < -0.39 is 0 Å². The lowest BCUT2D eigenvalue weighted by Gasteiger charge is -2.02. The van der Waals surface area contributed by atoms with E-state index in [2.05, 4.69) is 10.5 Å². The van der Waals surface area contributed by atoms with Gasteiger partial charge in [-0.05, 0) is 17.7 Å². The summed E-state index contributed by atoms with van der Waals surface area (Å²) in [6.07, 6.45) is 2.52. The zero-order valence-electron chi connectivity index (χ0n) is 9.21. The molecule has 0 aliphatic heterocycles. The number of para-hydroxylation sites is 1. The zero-order chi connectivity index (χ0) is 11.9. The molecule has 2 aromatic carbocycles. The highest BCUT2D eigenvalue weighted by Gasteiger charge is 1.96. The average Bonchev–Trinajstić information content (AvgIpc) is 2.40. The molecule has 84 valence electrons. The van der Waals surface area contributed by atoms with E-state index in [1.807, 2.05) is 48.5 Å². The Morgan fingerprint density at radius 3 is 2.41 bits per heavy atom. The van der Waals surface area contributed by atoms with Gasteiger partial charge in [0.15, 0.2) is 6.29 Å². The molecule has 2 rings (SSSR count). The van der Waals surface area contributed by atoms with Gasteiger partial charge in [-0.15, -0.1) is 0 Å². The molecule has 0 aliphatic rings. The average molecular weight is 224 g/mol. The van der Waals surface area contributed by atoms with Crippen molar-refractivity contribution in [1.82, 2.24) is 0 Å². The molecular weight excluding hydrogens is 212 g/mol. The molecule has 0 radical (unpaired) electrons. The van der Waals surface area contributed by atoms with Crippen molar-refractivity contribution in [2.45, 2.75) is 0 Å². The van der Waals surface area contributed by atoms with Crippen LogP contribution in [0.15, 0.2) is 59.7 Å². The van der Waals surface area contributed by atoms with E-state index in [-0.39, 0.29) is 0 Å². The van der Waals surface area contributed by atoms with Crippen LogP contribution in [-0.2, 0) is 0 Å². The van der Waals surface area contributed by atoms with Crippen LogP contribution in [0.25, 0.3) is 0 Å². The molecule has 17 heavy (non-hydrogen) atoms. The summed E-state index contributed by atoms with van der Waals surface area (Å²) in [5.41, 5.74) is 5.15. The van der Waals surface area contributed by atoms with Gasteiger partial charge in [0.05, 0.1) is 11.9 Å². The molecule has 0 heterocycles. The second kappa shape index (κ2) is 5.61. The quantitative estimate of drug-likeness (QED) is 0.493. The molecule has 0 spiro atoms. The minimum atomic E-state index is 0.595. The van der Waals surface area contributed by atoms with Gasteiger partial charge < -0.3 is 0 Å². The summed E-state index contributed by atoms with van der Waals surface area (Å²) in [6, 6.07) is 17.0. The van der Waals surface area contributed by atoms with Crippen molar-refractivity contribution in [1.29, 1.82) is 0 Å². The molecule has 3 heteroatoms. The lowest BCUT2D eigenvalue weighted by molar-refractivity contribution is 0.112. The fourth-order valence-corrected chi connectivity index (χ4v) is 1.42. The fourth-order valence-electron chi connectivity index (χ4n) is 1.42. The Morgan fingerprint density at radius 1 is 0.941 bits per heavy atom. The van der Waals surface area contributed by atoms with Crippen molar-refractivity contribution >= 4 is 18.2 Å². The Labute approximate surface area is 99.8 Å². The standard InChI is InChI=1S/C14H12N2O/c17-11-13-8-4-5-9-14(13)16-15-10-12-6-2-1-3-7-12/h1-11,16H/b15-10+. The Bertz CT molecular complexity index is 521. The number of aldehydes is 1. The topological polar surface area (TPSA) is 41.5 Å². The number of hydrogen-bond acceptors (Lipinski definition) is 3. The summed E-state index contributed by atoms with van der Waals surface area (Å²) < 4.78 is 0. The van der Waals surface area contributed by atoms with E-state index in [1.54, 1.807) is 12.3 Å². The number of anilines is 1. The number of rotatable bonds is 4. The van der Waals surface area contributed by atoms with Gasteiger partial charge >= 0.3 is 0 Å². The van der Waals surface area contributed by atoms with Crippen LogP contribution in [0.1, 0.15) is 15.9 Å². The van der Waals surface area contributed by atoms with Crippen LogP contribution in [0, 0.1) is 0 Å². The summed E-state index contributed by atoms with van der Waals surface area (Å²) in [5, 5.41) is 4.09. The van der Waals surface area contributed by atoms with E-state index >= 15 is 0 Å². The summed E-state index contributed by atoms with van der Waals surface area (Å²) in [4.78, 5) is 10.8. The Morgan fingerprint density at radius 2 is 1.65 bits per heavy atom. The second-order valence-electron chi connectivity index (χ2n) is 3.49. The summed E-state index contributed by atoms with van der Waals surface area (Å²) in [7, 11) is 0. The minimum Gasteiger partial charge on any atom is -0.298 e. The van der Waals surface area contributed by atoms with Crippen molar-refractivity contribution in [2.24, 2.45) is 5.10 Å². The summed E-state index contributed by atoms with van der Waals surface area (Å²) >= 11 is 0. The first-order valence-electron chi connectivity index (χ1n) is 5.28. The molecule has 0 unspecified atom stereocenters. The fraction of sp³-hybridized carbons (Fsp3) is 0. The highest BCUT2D eigenvalue weighted by atomic mass is 16.1. The Hall–Kier alpha value is -2.42. The van der Waals surface area contributed by atoms with Crippen molar-refractivity contribution < 1.29 is 4.79 Å². The third-order valence-corrected chi connectivity index (χ3v) is 2.29. The van der Waals surface area contributed by atoms with Gasteiger partial charge in [-0.3, -0.25) is 10.2 Å². The van der Waals surface area contributed by atoms with Crippen LogP contribution in [0.3, 0.4) is 0 Å². The molecule has 0 saturated carbocycles.